The van der Waals surface area contributed by atoms with Crippen LogP contribution in [0, 0.1) is 40.4 Å². The van der Waals surface area contributed by atoms with Crippen molar-refractivity contribution in [1.29, 1.82) is 0 Å². The number of carbonyl (C=O) groups is 2. The number of ether oxygens (including phenoxy) is 1. The van der Waals surface area contributed by atoms with E-state index in [9.17, 15) is 9.59 Å². The molecule has 0 bridgehead atoms. The average molecular weight is 470 g/mol. The first-order valence-electron chi connectivity index (χ1n) is 14.3. The van der Waals surface area contributed by atoms with Crippen molar-refractivity contribution < 1.29 is 14.3 Å². The molecule has 0 aromatic heterocycles. The highest BCUT2D eigenvalue weighted by atomic mass is 16.5. The molecule has 0 aromatic carbocycles. The molecule has 0 amide bonds. The molecule has 1 heterocycles. The first-order valence-corrected chi connectivity index (χ1v) is 14.3. The normalized spacial score (nSPS) is 44.4. The molecule has 190 valence electrons. The minimum atomic E-state index is -0.00267. The molecule has 1 saturated heterocycles. The van der Waals surface area contributed by atoms with Crippen LogP contribution in [0.3, 0.4) is 0 Å². The van der Waals surface area contributed by atoms with Crippen LogP contribution in [-0.4, -0.2) is 42.4 Å². The van der Waals surface area contributed by atoms with Crippen molar-refractivity contribution in [1.82, 2.24) is 4.90 Å². The van der Waals surface area contributed by atoms with E-state index in [1.807, 2.05) is 6.92 Å². The van der Waals surface area contributed by atoms with Gasteiger partial charge in [-0.25, -0.2) is 0 Å². The number of hydrogen-bond acceptors (Lipinski definition) is 4. The quantitative estimate of drug-likeness (QED) is 0.356. The van der Waals surface area contributed by atoms with Gasteiger partial charge < -0.3 is 9.64 Å². The lowest BCUT2D eigenvalue weighted by atomic mass is 9.47. The van der Waals surface area contributed by atoms with Gasteiger partial charge >= 0.3 is 5.97 Å². The number of carbonyl (C=O) groups excluding carboxylic acids is 2. The smallest absolute Gasteiger partial charge is 0.307 e. The van der Waals surface area contributed by atoms with Crippen molar-refractivity contribution in [2.45, 2.75) is 104 Å². The van der Waals surface area contributed by atoms with Crippen molar-refractivity contribution >= 4 is 11.8 Å². The van der Waals surface area contributed by atoms with E-state index in [1.54, 1.807) is 5.57 Å². The number of Topliss-reactive ketones (excluding diaryl/α,β-unsaturated/α-hetero) is 1. The minimum absolute atomic E-state index is 0.00267. The molecule has 0 N–H and O–H groups in total. The fraction of sp³-hybridized carbons (Fsp3) is 0.867. The molecule has 4 heteroatoms. The molecule has 0 aromatic rings. The van der Waals surface area contributed by atoms with E-state index >= 15 is 0 Å². The molecule has 3 saturated carbocycles. The van der Waals surface area contributed by atoms with E-state index in [4.69, 9.17) is 4.74 Å². The lowest BCUT2D eigenvalue weighted by Crippen LogP contribution is -2.51. The topological polar surface area (TPSA) is 46.6 Å². The fourth-order valence-electron chi connectivity index (χ4n) is 9.63. The third-order valence-electron chi connectivity index (χ3n) is 11.2. The molecule has 34 heavy (non-hydrogen) atoms. The Kier molecular flexibility index (Phi) is 6.76. The van der Waals surface area contributed by atoms with Gasteiger partial charge in [0.2, 0.25) is 0 Å². The number of hydrogen-bond donors (Lipinski definition) is 0. The summed E-state index contributed by atoms with van der Waals surface area (Å²) in [6, 6.07) is 0. The molecule has 4 nitrogen and oxygen atoms in total. The van der Waals surface area contributed by atoms with Crippen LogP contribution in [0.1, 0.15) is 98.3 Å². The molecular formula is C30H47NO3. The molecule has 0 spiro atoms. The van der Waals surface area contributed by atoms with E-state index in [-0.39, 0.29) is 28.8 Å². The van der Waals surface area contributed by atoms with Crippen LogP contribution in [0.5, 0.6) is 0 Å². The van der Waals surface area contributed by atoms with Crippen molar-refractivity contribution in [3.63, 3.8) is 0 Å². The summed E-state index contributed by atoms with van der Waals surface area (Å²) >= 11 is 0. The zero-order valence-corrected chi connectivity index (χ0v) is 22.1. The largest absolute Gasteiger partial charge is 0.462 e. The average Bonchev–Trinajstić information content (AvgIpc) is 3.08. The molecule has 5 aliphatic rings. The second-order valence-electron chi connectivity index (χ2n) is 13.1. The number of piperidine rings is 1. The number of ketones is 1. The maximum atomic E-state index is 12.6. The Morgan fingerprint density at radius 1 is 1.09 bits per heavy atom. The van der Waals surface area contributed by atoms with E-state index < -0.39 is 0 Å². The van der Waals surface area contributed by atoms with Crippen molar-refractivity contribution in [2.24, 2.45) is 40.4 Å². The van der Waals surface area contributed by atoms with Crippen LogP contribution in [0.15, 0.2) is 11.6 Å². The summed E-state index contributed by atoms with van der Waals surface area (Å²) in [6.07, 6.45) is 14.9. The number of allylic oxidation sites excluding steroid dienone is 1. The Balaban J connectivity index is 1.22. The lowest BCUT2D eigenvalue weighted by molar-refractivity contribution is -0.152. The number of esters is 1. The van der Waals surface area contributed by atoms with Crippen molar-refractivity contribution in [2.75, 3.05) is 19.6 Å². The first-order chi connectivity index (χ1) is 16.2. The number of nitrogens with zero attached hydrogens (tertiary/aromatic N) is 1. The highest BCUT2D eigenvalue weighted by Crippen LogP contribution is 2.67. The van der Waals surface area contributed by atoms with Gasteiger partial charge in [-0.1, -0.05) is 38.8 Å². The van der Waals surface area contributed by atoms with Gasteiger partial charge in [-0.05, 0) is 106 Å². The van der Waals surface area contributed by atoms with Crippen LogP contribution >= 0.6 is 0 Å². The molecule has 1 aliphatic heterocycles. The summed E-state index contributed by atoms with van der Waals surface area (Å²) in [5, 5.41) is 0. The fourth-order valence-corrected chi connectivity index (χ4v) is 9.63. The van der Waals surface area contributed by atoms with Crippen LogP contribution in [0.2, 0.25) is 0 Å². The summed E-state index contributed by atoms with van der Waals surface area (Å²) in [5.41, 5.74) is 2.00. The Morgan fingerprint density at radius 2 is 1.85 bits per heavy atom. The summed E-state index contributed by atoms with van der Waals surface area (Å²) in [4.78, 5) is 27.6. The van der Waals surface area contributed by atoms with Gasteiger partial charge in [-0.15, -0.1) is 0 Å². The van der Waals surface area contributed by atoms with Crippen LogP contribution in [0.4, 0.5) is 0 Å². The van der Waals surface area contributed by atoms with Gasteiger partial charge in [0.1, 0.15) is 11.9 Å². The minimum Gasteiger partial charge on any atom is -0.462 e. The number of likely N-dealkylation sites (tertiary alicyclic amines) is 1. The summed E-state index contributed by atoms with van der Waals surface area (Å²) in [7, 11) is 0. The summed E-state index contributed by atoms with van der Waals surface area (Å²) in [5.74, 6) is 3.28. The predicted molar refractivity (Wildman–Crippen MR) is 135 cm³/mol. The predicted octanol–water partition coefficient (Wildman–Crippen LogP) is 6.19. The summed E-state index contributed by atoms with van der Waals surface area (Å²) < 4.78 is 6.01. The van der Waals surface area contributed by atoms with E-state index in [0.29, 0.717) is 30.0 Å². The maximum Gasteiger partial charge on any atom is 0.307 e. The number of rotatable bonds is 5. The van der Waals surface area contributed by atoms with Gasteiger partial charge in [0, 0.05) is 18.9 Å². The lowest BCUT2D eigenvalue weighted by Gasteiger charge is -2.58. The van der Waals surface area contributed by atoms with Crippen LogP contribution < -0.4 is 0 Å². The third kappa shape index (κ3) is 4.20. The van der Waals surface area contributed by atoms with Crippen molar-refractivity contribution in [3.8, 4) is 0 Å². The van der Waals surface area contributed by atoms with Crippen LogP contribution in [-0.2, 0) is 14.3 Å². The highest BCUT2D eigenvalue weighted by molar-refractivity contribution is 5.80. The zero-order valence-electron chi connectivity index (χ0n) is 22.1. The molecule has 5 rings (SSSR count). The van der Waals surface area contributed by atoms with Gasteiger partial charge in [-0.2, -0.15) is 0 Å². The van der Waals surface area contributed by atoms with Gasteiger partial charge in [0.15, 0.2) is 0 Å². The standard InChI is InChI=1S/C30H47NO3/c1-20-18-26-24-9-8-22-19-23(34-27(33)12-17-31-15-6-5-7-16-31)10-13-29(22,3)25(24)11-14-30(26,4)28(20)21(2)32/h8,20,23-26,28H,5-7,9-19H2,1-4H3/t20-,23+,24-,25+,26-,28+,29+,30+/m1/s1. The number of fused-ring (bicyclic) bond motifs is 5. The molecular weight excluding hydrogens is 422 g/mol. The van der Waals surface area contributed by atoms with Crippen LogP contribution in [0.25, 0.3) is 0 Å². The van der Waals surface area contributed by atoms with E-state index in [0.717, 1.165) is 51.2 Å². The van der Waals surface area contributed by atoms with Gasteiger partial charge in [0.25, 0.3) is 0 Å². The zero-order chi connectivity index (χ0) is 24.1. The van der Waals surface area contributed by atoms with E-state index in [2.05, 4.69) is 31.7 Å². The first kappa shape index (κ1) is 24.5. The Hall–Kier alpha value is -1.16. The molecule has 8 atom stereocenters. The third-order valence-corrected chi connectivity index (χ3v) is 11.2. The Morgan fingerprint density at radius 3 is 2.59 bits per heavy atom. The monoisotopic (exact) mass is 469 g/mol. The second kappa shape index (κ2) is 9.37. The second-order valence-corrected chi connectivity index (χ2v) is 13.1. The Bertz CT molecular complexity index is 829. The SMILES string of the molecule is CC(=O)[C@@H]1[C@H](C)C[C@@H]2[C@@H]3CC=C4C[C@@H](OC(=O)CCN5CCCCC5)CC[C@]4(C)[C@H]3CC[C@@]21C. The molecule has 4 aliphatic carbocycles. The van der Waals surface area contributed by atoms with Crippen molar-refractivity contribution in [3.05, 3.63) is 11.6 Å². The van der Waals surface area contributed by atoms with Gasteiger partial charge in [0.05, 0.1) is 6.42 Å². The summed E-state index contributed by atoms with van der Waals surface area (Å²) in [6.45, 7) is 12.2. The Labute approximate surface area is 207 Å². The highest BCUT2D eigenvalue weighted by Gasteiger charge is 2.61. The van der Waals surface area contributed by atoms with Gasteiger partial charge in [-0.3, -0.25) is 9.59 Å². The van der Waals surface area contributed by atoms with E-state index in [1.165, 1.54) is 38.5 Å². The molecule has 4 fully saturated rings. The maximum absolute atomic E-state index is 12.6. The molecule has 0 radical (unpaired) electrons. The molecule has 0 unspecified atom stereocenters.